The third kappa shape index (κ3) is 45.3. The van der Waals surface area contributed by atoms with Crippen molar-refractivity contribution in [1.82, 2.24) is 0 Å². The summed E-state index contributed by atoms with van der Waals surface area (Å²) in [6.45, 7) is 5.75. The molecule has 0 aromatic carbocycles. The summed E-state index contributed by atoms with van der Waals surface area (Å²) < 4.78 is 26.4. The number of rotatable bonds is 42. The topological polar surface area (TPSA) is 160 Å². The summed E-state index contributed by atoms with van der Waals surface area (Å²) in [5.74, 6) is -0.160. The van der Waals surface area contributed by atoms with Crippen LogP contribution in [0.1, 0.15) is 194 Å². The maximum Gasteiger partial charge on any atom is 0.469 e. The Balaban J connectivity index is 4.05. The van der Waals surface area contributed by atoms with E-state index < -0.39 is 44.7 Å². The monoisotopic (exact) mass is 879 g/mol. The number of allylic oxidation sites excluding steroid dienone is 8. The second-order valence-corrected chi connectivity index (χ2v) is 17.6. The van der Waals surface area contributed by atoms with E-state index in [4.69, 9.17) is 19.3 Å². The van der Waals surface area contributed by atoms with E-state index in [1.165, 1.54) is 103 Å². The molecule has 0 aliphatic rings. The SMILES string of the molecule is CC/C=C\C[C@@H](O)/C=C/C=C\C=C\[C@@H](O)C/C=C\C/C=C\CCC(=O)OC[C@H](COP(=O)(O)O)OC(=O)CCCCCCCCCCCCCCCCCCCCC(C)CC. The smallest absolute Gasteiger partial charge is 0.462 e. The number of carbonyl (C=O) groups excluding carboxylic acids is 2. The van der Waals surface area contributed by atoms with Crippen LogP contribution < -0.4 is 0 Å². The molecule has 61 heavy (non-hydrogen) atoms. The number of phosphoric acid groups is 1. The molecular formula is C50H87O10P. The summed E-state index contributed by atoms with van der Waals surface area (Å²) in [6, 6.07) is 0. The molecule has 0 aromatic rings. The quantitative estimate of drug-likeness (QED) is 0.0153. The Kier molecular flexibility index (Phi) is 40.9. The largest absolute Gasteiger partial charge is 0.469 e. The molecule has 0 radical (unpaired) electrons. The lowest BCUT2D eigenvalue weighted by atomic mass is 9.99. The van der Waals surface area contributed by atoms with Gasteiger partial charge in [0.2, 0.25) is 0 Å². The van der Waals surface area contributed by atoms with Gasteiger partial charge in [0.25, 0.3) is 0 Å². The zero-order chi connectivity index (χ0) is 45.1. The molecule has 0 rings (SSSR count). The van der Waals surface area contributed by atoms with E-state index >= 15 is 0 Å². The van der Waals surface area contributed by atoms with Crippen molar-refractivity contribution in [1.29, 1.82) is 0 Å². The lowest BCUT2D eigenvalue weighted by Crippen LogP contribution is -2.29. The molecule has 0 amide bonds. The predicted octanol–water partition coefficient (Wildman–Crippen LogP) is 12.8. The van der Waals surface area contributed by atoms with E-state index in [2.05, 4.69) is 18.4 Å². The average molecular weight is 879 g/mol. The highest BCUT2D eigenvalue weighted by molar-refractivity contribution is 7.46. The highest BCUT2D eigenvalue weighted by Gasteiger charge is 2.22. The number of carbonyl (C=O) groups is 2. The Bertz CT molecular complexity index is 1270. The number of aliphatic hydroxyl groups excluding tert-OH is 2. The molecule has 11 heteroatoms. The summed E-state index contributed by atoms with van der Waals surface area (Å²) in [5, 5.41) is 19.9. The minimum atomic E-state index is -4.80. The number of hydrogen-bond donors (Lipinski definition) is 4. The molecule has 0 saturated carbocycles. The van der Waals surface area contributed by atoms with Crippen LogP contribution in [0.25, 0.3) is 0 Å². The van der Waals surface area contributed by atoms with Gasteiger partial charge in [0, 0.05) is 12.8 Å². The van der Waals surface area contributed by atoms with Gasteiger partial charge in [-0.25, -0.2) is 4.57 Å². The number of unbranched alkanes of at least 4 members (excludes halogenated alkanes) is 17. The number of hydrogen-bond acceptors (Lipinski definition) is 8. The van der Waals surface area contributed by atoms with Crippen molar-refractivity contribution in [2.75, 3.05) is 13.2 Å². The fourth-order valence-electron chi connectivity index (χ4n) is 6.49. The molecule has 0 aliphatic heterocycles. The van der Waals surface area contributed by atoms with Crippen LogP contribution in [0.15, 0.2) is 72.9 Å². The summed E-state index contributed by atoms with van der Waals surface area (Å²) in [6.07, 6.45) is 48.4. The number of phosphoric ester groups is 1. The van der Waals surface area contributed by atoms with Crippen molar-refractivity contribution in [3.05, 3.63) is 72.9 Å². The van der Waals surface area contributed by atoms with Crippen molar-refractivity contribution in [2.45, 2.75) is 212 Å². The van der Waals surface area contributed by atoms with Crippen LogP contribution >= 0.6 is 7.82 Å². The lowest BCUT2D eigenvalue weighted by molar-refractivity contribution is -0.161. The molecule has 0 aliphatic carbocycles. The van der Waals surface area contributed by atoms with Crippen molar-refractivity contribution < 1.29 is 48.2 Å². The van der Waals surface area contributed by atoms with Crippen LogP contribution in [0.5, 0.6) is 0 Å². The molecule has 0 heterocycles. The van der Waals surface area contributed by atoms with Crippen LogP contribution in [-0.4, -0.2) is 63.5 Å². The first-order valence-electron chi connectivity index (χ1n) is 23.8. The van der Waals surface area contributed by atoms with E-state index in [-0.39, 0.29) is 19.4 Å². The highest BCUT2D eigenvalue weighted by atomic mass is 31.2. The van der Waals surface area contributed by atoms with Gasteiger partial charge < -0.3 is 29.5 Å². The molecule has 4 atom stereocenters. The highest BCUT2D eigenvalue weighted by Crippen LogP contribution is 2.36. The fraction of sp³-hybridized carbons (Fsp3) is 0.720. The number of aliphatic hydroxyl groups is 2. The van der Waals surface area contributed by atoms with E-state index in [0.717, 1.165) is 31.6 Å². The van der Waals surface area contributed by atoms with Crippen LogP contribution in [0.4, 0.5) is 0 Å². The van der Waals surface area contributed by atoms with Crippen molar-refractivity contribution >= 4 is 19.8 Å². The Morgan fingerprint density at radius 3 is 1.54 bits per heavy atom. The zero-order valence-electron chi connectivity index (χ0n) is 38.4. The standard InChI is InChI=1S/C50H87O10P/c1-4-6-29-37-46(51)39-32-27-28-33-40-47(52)38-31-24-21-22-25-34-41-49(53)58-43-48(44-59-61(55,56)57)60-50(54)42-35-26-20-18-16-14-12-10-8-7-9-11-13-15-17-19-23-30-36-45(3)5-2/h6,22,24-25,27-29,31-33,39-40,45-48,51-52H,4-5,7-21,23,26,30,34-38,41-44H2,1-3H3,(H2,55,56,57)/b25-22-,28-27-,29-6-,31-24-,39-32+,40-33+/t45?,46-,47+,48-/m1/s1. The van der Waals surface area contributed by atoms with Gasteiger partial charge in [-0.05, 0) is 44.4 Å². The predicted molar refractivity (Wildman–Crippen MR) is 251 cm³/mol. The van der Waals surface area contributed by atoms with E-state index in [1.807, 2.05) is 43.4 Å². The maximum absolute atomic E-state index is 12.5. The molecule has 0 aromatic heterocycles. The van der Waals surface area contributed by atoms with Crippen LogP contribution in [0, 0.1) is 5.92 Å². The number of ether oxygens (including phenoxy) is 2. The third-order valence-electron chi connectivity index (χ3n) is 10.5. The second-order valence-electron chi connectivity index (χ2n) is 16.4. The Morgan fingerprint density at radius 2 is 1.05 bits per heavy atom. The van der Waals surface area contributed by atoms with Gasteiger partial charge in [-0.2, -0.15) is 0 Å². The van der Waals surface area contributed by atoms with Crippen LogP contribution in [-0.2, 0) is 28.2 Å². The molecular weight excluding hydrogens is 792 g/mol. The van der Waals surface area contributed by atoms with Gasteiger partial charge in [0.05, 0.1) is 18.8 Å². The Morgan fingerprint density at radius 1 is 0.574 bits per heavy atom. The summed E-state index contributed by atoms with van der Waals surface area (Å²) in [5.41, 5.74) is 0. The normalized spacial score (nSPS) is 14.7. The first kappa shape index (κ1) is 58.4. The minimum absolute atomic E-state index is 0.0837. The molecule has 0 saturated heterocycles. The molecule has 0 bridgehead atoms. The summed E-state index contributed by atoms with van der Waals surface area (Å²) >= 11 is 0. The van der Waals surface area contributed by atoms with Crippen molar-refractivity contribution in [2.24, 2.45) is 5.92 Å². The summed E-state index contributed by atoms with van der Waals surface area (Å²) in [7, 11) is -4.80. The molecule has 352 valence electrons. The van der Waals surface area contributed by atoms with E-state index in [9.17, 15) is 24.4 Å². The Labute approximate surface area is 371 Å². The molecule has 1 unspecified atom stereocenters. The second kappa shape index (κ2) is 42.7. The van der Waals surface area contributed by atoms with Crippen LogP contribution in [0.2, 0.25) is 0 Å². The van der Waals surface area contributed by atoms with Gasteiger partial charge in [-0.15, -0.1) is 0 Å². The first-order chi connectivity index (χ1) is 29.5. The lowest BCUT2D eigenvalue weighted by Gasteiger charge is -2.18. The van der Waals surface area contributed by atoms with Gasteiger partial charge in [0.1, 0.15) is 6.61 Å². The molecule has 4 N–H and O–H groups in total. The van der Waals surface area contributed by atoms with Crippen LogP contribution in [0.3, 0.4) is 0 Å². The van der Waals surface area contributed by atoms with E-state index in [0.29, 0.717) is 32.1 Å². The molecule has 10 nitrogen and oxygen atoms in total. The van der Waals surface area contributed by atoms with Gasteiger partial charge in [-0.3, -0.25) is 14.1 Å². The third-order valence-corrected chi connectivity index (χ3v) is 10.9. The first-order valence-corrected chi connectivity index (χ1v) is 25.4. The fourth-order valence-corrected chi connectivity index (χ4v) is 6.85. The van der Waals surface area contributed by atoms with Gasteiger partial charge >= 0.3 is 19.8 Å². The minimum Gasteiger partial charge on any atom is -0.462 e. The van der Waals surface area contributed by atoms with Gasteiger partial charge in [0.15, 0.2) is 6.10 Å². The van der Waals surface area contributed by atoms with Crippen molar-refractivity contribution in [3.63, 3.8) is 0 Å². The molecule has 0 fully saturated rings. The zero-order valence-corrected chi connectivity index (χ0v) is 39.3. The van der Waals surface area contributed by atoms with E-state index in [1.54, 1.807) is 36.5 Å². The Hall–Kier alpha value is -2.59. The molecule has 0 spiro atoms. The van der Waals surface area contributed by atoms with Crippen molar-refractivity contribution in [3.8, 4) is 0 Å². The maximum atomic E-state index is 12.5. The number of esters is 2. The average Bonchev–Trinajstić information content (AvgIpc) is 3.22. The van der Waals surface area contributed by atoms with Gasteiger partial charge in [-0.1, -0.05) is 216 Å². The summed E-state index contributed by atoms with van der Waals surface area (Å²) in [4.78, 5) is 43.0.